The minimum atomic E-state index is -0.905. The van der Waals surface area contributed by atoms with Crippen LogP contribution in [-0.4, -0.2) is 55.0 Å². The van der Waals surface area contributed by atoms with E-state index in [9.17, 15) is 19.2 Å². The van der Waals surface area contributed by atoms with E-state index < -0.39 is 11.6 Å². The highest BCUT2D eigenvalue weighted by Gasteiger charge is 2.53. The van der Waals surface area contributed by atoms with Gasteiger partial charge >= 0.3 is 5.97 Å². The topological polar surface area (TPSA) is 105 Å². The molecule has 0 aromatic heterocycles. The average Bonchev–Trinajstić information content (AvgIpc) is 3.14. The monoisotopic (exact) mass is 451 g/mol. The molecule has 1 atom stereocenters. The zero-order chi connectivity index (χ0) is 23.8. The molecule has 1 fully saturated rings. The number of nitrogens with one attached hydrogen (secondary N) is 1. The lowest BCUT2D eigenvalue weighted by Gasteiger charge is -2.48. The van der Waals surface area contributed by atoms with Crippen molar-refractivity contribution in [3.05, 3.63) is 59.2 Å². The summed E-state index contributed by atoms with van der Waals surface area (Å²) in [5.74, 6) is -0.910. The molecule has 2 aliphatic rings. The van der Waals surface area contributed by atoms with E-state index in [2.05, 4.69) is 5.32 Å². The van der Waals surface area contributed by atoms with Crippen LogP contribution in [0.25, 0.3) is 0 Å². The van der Waals surface area contributed by atoms with Crippen molar-refractivity contribution in [3.63, 3.8) is 0 Å². The molecular formula is C24H25N3O6. The van der Waals surface area contributed by atoms with Gasteiger partial charge in [0.25, 0.3) is 5.91 Å². The van der Waals surface area contributed by atoms with Crippen LogP contribution < -0.4 is 15.0 Å². The summed E-state index contributed by atoms with van der Waals surface area (Å²) in [7, 11) is 2.73. The normalized spacial score (nSPS) is 19.1. The molecule has 0 radical (unpaired) electrons. The van der Waals surface area contributed by atoms with Crippen LogP contribution in [0.15, 0.2) is 42.5 Å². The summed E-state index contributed by atoms with van der Waals surface area (Å²) in [5.41, 5.74) is 0.998. The summed E-state index contributed by atoms with van der Waals surface area (Å²) < 4.78 is 9.96. The van der Waals surface area contributed by atoms with Gasteiger partial charge in [-0.15, -0.1) is 0 Å². The Kier molecular flexibility index (Phi) is 5.80. The van der Waals surface area contributed by atoms with Gasteiger partial charge in [0.2, 0.25) is 11.8 Å². The fourth-order valence-corrected chi connectivity index (χ4v) is 4.48. The number of methoxy groups -OCH3 is 2. The third kappa shape index (κ3) is 3.79. The standard InChI is InChI=1S/C24H25N3O6/c1-24-11-10-21(29)27(24)18-7-5-4-6-16(18)22(30)26(24)14-20(28)25-13-15-8-9-19(32-2)17(12-15)23(31)33-3/h4-9,12H,10-11,13-14H2,1-3H3,(H,25,28). The second-order valence-electron chi connectivity index (χ2n) is 8.16. The number of esters is 1. The van der Waals surface area contributed by atoms with Gasteiger partial charge in [0.15, 0.2) is 0 Å². The molecule has 1 N–H and O–H groups in total. The number of amides is 3. The molecule has 2 aliphatic heterocycles. The lowest BCUT2D eigenvalue weighted by atomic mass is 9.98. The number of carbonyl (C=O) groups excluding carboxylic acids is 4. The van der Waals surface area contributed by atoms with Crippen molar-refractivity contribution in [2.24, 2.45) is 0 Å². The molecule has 2 heterocycles. The van der Waals surface area contributed by atoms with Crippen molar-refractivity contribution in [2.75, 3.05) is 25.7 Å². The first kappa shape index (κ1) is 22.3. The molecule has 0 saturated carbocycles. The zero-order valence-electron chi connectivity index (χ0n) is 18.7. The fourth-order valence-electron chi connectivity index (χ4n) is 4.48. The van der Waals surface area contributed by atoms with Crippen LogP contribution in [0.1, 0.15) is 46.0 Å². The molecule has 1 unspecified atom stereocenters. The summed E-state index contributed by atoms with van der Waals surface area (Å²) in [6.07, 6.45) is 0.749. The third-order valence-electron chi connectivity index (χ3n) is 6.21. The number of ether oxygens (including phenoxy) is 2. The Hall–Kier alpha value is -3.88. The van der Waals surface area contributed by atoms with Crippen LogP contribution in [-0.2, 0) is 20.9 Å². The smallest absolute Gasteiger partial charge is 0.341 e. The van der Waals surface area contributed by atoms with E-state index in [1.165, 1.54) is 19.1 Å². The van der Waals surface area contributed by atoms with Crippen molar-refractivity contribution < 1.29 is 28.7 Å². The highest BCUT2D eigenvalue weighted by molar-refractivity contribution is 6.11. The predicted molar refractivity (Wildman–Crippen MR) is 119 cm³/mol. The van der Waals surface area contributed by atoms with Gasteiger partial charge in [0, 0.05) is 13.0 Å². The Labute approximate surface area is 191 Å². The number of benzene rings is 2. The number of hydrogen-bond donors (Lipinski definition) is 1. The maximum Gasteiger partial charge on any atom is 0.341 e. The number of carbonyl (C=O) groups is 4. The molecule has 1 saturated heterocycles. The molecule has 4 rings (SSSR count). The second kappa shape index (κ2) is 8.57. The lowest BCUT2D eigenvalue weighted by molar-refractivity contribution is -0.124. The van der Waals surface area contributed by atoms with E-state index in [0.717, 1.165) is 0 Å². The van der Waals surface area contributed by atoms with Gasteiger partial charge in [-0.1, -0.05) is 18.2 Å². The predicted octanol–water partition coefficient (Wildman–Crippen LogP) is 2.10. The summed E-state index contributed by atoms with van der Waals surface area (Å²) >= 11 is 0. The molecule has 9 nitrogen and oxygen atoms in total. The number of para-hydroxylation sites is 1. The van der Waals surface area contributed by atoms with Crippen LogP contribution in [0, 0.1) is 0 Å². The van der Waals surface area contributed by atoms with Crippen LogP contribution in [0.2, 0.25) is 0 Å². The first-order chi connectivity index (χ1) is 15.8. The molecule has 2 aromatic rings. The SMILES string of the molecule is COC(=O)c1cc(CNC(=O)CN2C(=O)c3ccccc3N3C(=O)CCC23C)ccc1OC. The fraction of sp³-hybridized carbons (Fsp3) is 0.333. The van der Waals surface area contributed by atoms with Gasteiger partial charge in [-0.05, 0) is 43.2 Å². The summed E-state index contributed by atoms with van der Waals surface area (Å²) in [5, 5.41) is 2.79. The molecule has 2 aromatic carbocycles. The highest BCUT2D eigenvalue weighted by Crippen LogP contribution is 2.43. The van der Waals surface area contributed by atoms with Crippen molar-refractivity contribution in [1.82, 2.24) is 10.2 Å². The van der Waals surface area contributed by atoms with Crippen LogP contribution in [0.5, 0.6) is 5.75 Å². The number of rotatable bonds is 6. The molecule has 3 amide bonds. The number of anilines is 1. The zero-order valence-corrected chi connectivity index (χ0v) is 18.7. The lowest BCUT2D eigenvalue weighted by Crippen LogP contribution is -2.63. The van der Waals surface area contributed by atoms with E-state index in [4.69, 9.17) is 9.47 Å². The third-order valence-corrected chi connectivity index (χ3v) is 6.21. The molecule has 33 heavy (non-hydrogen) atoms. The first-order valence-corrected chi connectivity index (χ1v) is 10.6. The minimum Gasteiger partial charge on any atom is -0.496 e. The van der Waals surface area contributed by atoms with Gasteiger partial charge in [-0.2, -0.15) is 0 Å². The Balaban J connectivity index is 1.52. The van der Waals surface area contributed by atoms with Crippen molar-refractivity contribution in [3.8, 4) is 5.75 Å². The highest BCUT2D eigenvalue weighted by atomic mass is 16.5. The van der Waals surface area contributed by atoms with E-state index in [1.807, 2.05) is 6.92 Å². The Morgan fingerprint density at radius 2 is 1.88 bits per heavy atom. The molecule has 0 bridgehead atoms. The quantitative estimate of drug-likeness (QED) is 0.675. The van der Waals surface area contributed by atoms with Gasteiger partial charge in [-0.3, -0.25) is 19.3 Å². The van der Waals surface area contributed by atoms with Gasteiger partial charge in [-0.25, -0.2) is 4.79 Å². The van der Waals surface area contributed by atoms with Crippen molar-refractivity contribution >= 4 is 29.4 Å². The Morgan fingerprint density at radius 3 is 2.61 bits per heavy atom. The first-order valence-electron chi connectivity index (χ1n) is 10.6. The van der Waals surface area contributed by atoms with Crippen molar-refractivity contribution in [1.29, 1.82) is 0 Å². The molecular weight excluding hydrogens is 426 g/mol. The maximum atomic E-state index is 13.2. The molecule has 9 heteroatoms. The van der Waals surface area contributed by atoms with Crippen LogP contribution >= 0.6 is 0 Å². The molecule has 172 valence electrons. The van der Waals surface area contributed by atoms with Gasteiger partial charge < -0.3 is 19.7 Å². The van der Waals surface area contributed by atoms with Gasteiger partial charge in [0.05, 0.1) is 25.5 Å². The Bertz CT molecular complexity index is 1150. The number of hydrogen-bond acceptors (Lipinski definition) is 6. The van der Waals surface area contributed by atoms with Crippen LogP contribution in [0.4, 0.5) is 5.69 Å². The second-order valence-corrected chi connectivity index (χ2v) is 8.16. The minimum absolute atomic E-state index is 0.0727. The summed E-state index contributed by atoms with van der Waals surface area (Å²) in [6, 6.07) is 11.9. The van der Waals surface area contributed by atoms with Crippen molar-refractivity contribution in [2.45, 2.75) is 32.0 Å². The molecule has 0 aliphatic carbocycles. The van der Waals surface area contributed by atoms with Crippen LogP contribution in [0.3, 0.4) is 0 Å². The summed E-state index contributed by atoms with van der Waals surface area (Å²) in [6.45, 7) is 1.75. The number of fused-ring (bicyclic) bond motifs is 3. The van der Waals surface area contributed by atoms with E-state index in [-0.39, 0.29) is 36.4 Å². The average molecular weight is 451 g/mol. The number of nitrogens with zero attached hydrogens (tertiary/aromatic N) is 2. The van der Waals surface area contributed by atoms with E-state index in [1.54, 1.807) is 47.4 Å². The van der Waals surface area contributed by atoms with Gasteiger partial charge in [0.1, 0.15) is 23.5 Å². The summed E-state index contributed by atoms with van der Waals surface area (Å²) in [4.78, 5) is 53.8. The Morgan fingerprint density at radius 1 is 1.12 bits per heavy atom. The van der Waals surface area contributed by atoms with E-state index in [0.29, 0.717) is 35.4 Å². The largest absolute Gasteiger partial charge is 0.496 e. The van der Waals surface area contributed by atoms with E-state index >= 15 is 0 Å². The maximum absolute atomic E-state index is 13.2. The molecule has 0 spiro atoms.